The first kappa shape index (κ1) is 16.7. The molecule has 112 valence electrons. The zero-order valence-electron chi connectivity index (χ0n) is 13.2. The van der Waals surface area contributed by atoms with E-state index in [2.05, 4.69) is 38.1 Å². The zero-order valence-corrected chi connectivity index (χ0v) is 13.2. The minimum atomic E-state index is -0.0643. The van der Waals surface area contributed by atoms with Crippen LogP contribution in [0.4, 0.5) is 0 Å². The van der Waals surface area contributed by atoms with Crippen LogP contribution in [0.15, 0.2) is 24.3 Å². The Bertz CT molecular complexity index is 379. The number of benzene rings is 1. The number of aryl methyl sites for hydroxylation is 1. The van der Waals surface area contributed by atoms with Gasteiger partial charge >= 0.3 is 5.97 Å². The molecule has 1 aromatic rings. The van der Waals surface area contributed by atoms with E-state index in [1.807, 2.05) is 6.92 Å². The largest absolute Gasteiger partial charge is 0.466 e. The molecular weight excluding hydrogens is 248 g/mol. The fourth-order valence-electron chi connectivity index (χ4n) is 2.32. The van der Waals surface area contributed by atoms with E-state index >= 15 is 0 Å². The van der Waals surface area contributed by atoms with Crippen LogP contribution >= 0.6 is 0 Å². The zero-order chi connectivity index (χ0) is 14.8. The van der Waals surface area contributed by atoms with Crippen LogP contribution in [0.5, 0.6) is 0 Å². The van der Waals surface area contributed by atoms with E-state index in [-0.39, 0.29) is 5.97 Å². The Kier molecular flexibility index (Phi) is 8.01. The summed E-state index contributed by atoms with van der Waals surface area (Å²) in [6.07, 6.45) is 5.98. The standard InChI is InChI=1S/C18H28O2/c1-4-20-18(19)9-7-5-6-8-16-10-12-17(13-11-16)14-15(2)3/h10-13,15H,4-9,14H2,1-3H3. The molecule has 0 amide bonds. The lowest BCUT2D eigenvalue weighted by molar-refractivity contribution is -0.143. The molecule has 0 atom stereocenters. The Labute approximate surface area is 123 Å². The number of carbonyl (C=O) groups is 1. The van der Waals surface area contributed by atoms with Crippen molar-refractivity contribution in [2.75, 3.05) is 6.61 Å². The second kappa shape index (κ2) is 9.57. The Morgan fingerprint density at radius 1 is 1.05 bits per heavy atom. The van der Waals surface area contributed by atoms with E-state index in [1.165, 1.54) is 11.1 Å². The molecule has 0 aliphatic rings. The lowest BCUT2D eigenvalue weighted by atomic mass is 10.00. The fourth-order valence-corrected chi connectivity index (χ4v) is 2.32. The third-order valence-corrected chi connectivity index (χ3v) is 3.32. The highest BCUT2D eigenvalue weighted by atomic mass is 16.5. The second-order valence-electron chi connectivity index (χ2n) is 5.78. The molecule has 0 spiro atoms. The van der Waals surface area contributed by atoms with Gasteiger partial charge in [0.1, 0.15) is 0 Å². The Hall–Kier alpha value is -1.31. The summed E-state index contributed by atoms with van der Waals surface area (Å²) in [6.45, 7) is 6.83. The van der Waals surface area contributed by atoms with Crippen LogP contribution in [0, 0.1) is 5.92 Å². The van der Waals surface area contributed by atoms with Crippen LogP contribution in [0.25, 0.3) is 0 Å². The summed E-state index contributed by atoms with van der Waals surface area (Å²) in [5.41, 5.74) is 2.82. The number of unbranched alkanes of at least 4 members (excludes halogenated alkanes) is 2. The van der Waals surface area contributed by atoms with Crippen molar-refractivity contribution in [3.8, 4) is 0 Å². The first-order chi connectivity index (χ1) is 9.61. The number of esters is 1. The van der Waals surface area contributed by atoms with Crippen LogP contribution in [0.2, 0.25) is 0 Å². The maximum Gasteiger partial charge on any atom is 0.305 e. The maximum absolute atomic E-state index is 11.2. The highest BCUT2D eigenvalue weighted by molar-refractivity contribution is 5.69. The molecule has 1 rings (SSSR count). The SMILES string of the molecule is CCOC(=O)CCCCCc1ccc(CC(C)C)cc1. The molecule has 2 nitrogen and oxygen atoms in total. The second-order valence-corrected chi connectivity index (χ2v) is 5.78. The third kappa shape index (κ3) is 7.32. The highest BCUT2D eigenvalue weighted by Gasteiger charge is 2.01. The minimum absolute atomic E-state index is 0.0643. The molecular formula is C18H28O2. The normalized spacial score (nSPS) is 10.8. The van der Waals surface area contributed by atoms with Gasteiger partial charge in [-0.2, -0.15) is 0 Å². The van der Waals surface area contributed by atoms with E-state index in [4.69, 9.17) is 4.74 Å². The topological polar surface area (TPSA) is 26.3 Å². The van der Waals surface area contributed by atoms with Crippen molar-refractivity contribution in [3.63, 3.8) is 0 Å². The molecule has 0 bridgehead atoms. The van der Waals surface area contributed by atoms with Crippen LogP contribution in [0.3, 0.4) is 0 Å². The monoisotopic (exact) mass is 276 g/mol. The highest BCUT2D eigenvalue weighted by Crippen LogP contribution is 2.12. The first-order valence-corrected chi connectivity index (χ1v) is 7.85. The molecule has 0 aliphatic heterocycles. The van der Waals surface area contributed by atoms with E-state index in [0.717, 1.165) is 32.1 Å². The molecule has 20 heavy (non-hydrogen) atoms. The summed E-state index contributed by atoms with van der Waals surface area (Å²) in [7, 11) is 0. The van der Waals surface area contributed by atoms with E-state index in [1.54, 1.807) is 0 Å². The average Bonchev–Trinajstić information content (AvgIpc) is 2.40. The molecule has 0 unspecified atom stereocenters. The third-order valence-electron chi connectivity index (χ3n) is 3.32. The van der Waals surface area contributed by atoms with E-state index < -0.39 is 0 Å². The quantitative estimate of drug-likeness (QED) is 0.488. The maximum atomic E-state index is 11.2. The van der Waals surface area contributed by atoms with Gasteiger partial charge in [0, 0.05) is 6.42 Å². The summed E-state index contributed by atoms with van der Waals surface area (Å²) < 4.78 is 4.91. The van der Waals surface area contributed by atoms with Crippen LogP contribution in [-0.2, 0) is 22.4 Å². The molecule has 2 heteroatoms. The summed E-state index contributed by atoms with van der Waals surface area (Å²) in [5.74, 6) is 0.647. The molecule has 0 saturated carbocycles. The van der Waals surface area contributed by atoms with E-state index in [0.29, 0.717) is 18.9 Å². The minimum Gasteiger partial charge on any atom is -0.466 e. The van der Waals surface area contributed by atoms with Gasteiger partial charge in [-0.25, -0.2) is 0 Å². The van der Waals surface area contributed by atoms with Crippen molar-refractivity contribution in [3.05, 3.63) is 35.4 Å². The molecule has 0 heterocycles. The van der Waals surface area contributed by atoms with Gasteiger partial charge < -0.3 is 4.74 Å². The van der Waals surface area contributed by atoms with Crippen LogP contribution < -0.4 is 0 Å². The summed E-state index contributed by atoms with van der Waals surface area (Å²) in [4.78, 5) is 11.2. The first-order valence-electron chi connectivity index (χ1n) is 7.85. The molecule has 0 aliphatic carbocycles. The van der Waals surface area contributed by atoms with Crippen LogP contribution in [0.1, 0.15) is 57.6 Å². The molecule has 1 aromatic carbocycles. The lowest BCUT2D eigenvalue weighted by Gasteiger charge is -2.06. The molecule has 0 fully saturated rings. The number of hydrogen-bond acceptors (Lipinski definition) is 2. The van der Waals surface area contributed by atoms with Crippen molar-refractivity contribution < 1.29 is 9.53 Å². The number of ether oxygens (including phenoxy) is 1. The van der Waals surface area contributed by atoms with Crippen LogP contribution in [-0.4, -0.2) is 12.6 Å². The molecule has 0 N–H and O–H groups in total. The Morgan fingerprint density at radius 2 is 1.70 bits per heavy atom. The van der Waals surface area contributed by atoms with Crippen molar-refractivity contribution in [2.24, 2.45) is 5.92 Å². The van der Waals surface area contributed by atoms with Gasteiger partial charge in [-0.05, 0) is 49.7 Å². The lowest BCUT2D eigenvalue weighted by Crippen LogP contribution is -2.03. The van der Waals surface area contributed by atoms with Crippen molar-refractivity contribution in [2.45, 2.75) is 59.3 Å². The smallest absolute Gasteiger partial charge is 0.305 e. The van der Waals surface area contributed by atoms with Gasteiger partial charge in [0.05, 0.1) is 6.61 Å². The number of carbonyl (C=O) groups excluding carboxylic acids is 1. The molecule has 0 saturated heterocycles. The average molecular weight is 276 g/mol. The summed E-state index contributed by atoms with van der Waals surface area (Å²) >= 11 is 0. The number of hydrogen-bond donors (Lipinski definition) is 0. The van der Waals surface area contributed by atoms with Gasteiger partial charge in [-0.15, -0.1) is 0 Å². The van der Waals surface area contributed by atoms with Gasteiger partial charge in [-0.3, -0.25) is 4.79 Å². The van der Waals surface area contributed by atoms with Crippen molar-refractivity contribution in [1.29, 1.82) is 0 Å². The summed E-state index contributed by atoms with van der Waals surface area (Å²) in [5, 5.41) is 0. The Balaban J connectivity index is 2.17. The fraction of sp³-hybridized carbons (Fsp3) is 0.611. The van der Waals surface area contributed by atoms with Crippen molar-refractivity contribution in [1.82, 2.24) is 0 Å². The van der Waals surface area contributed by atoms with Crippen molar-refractivity contribution >= 4 is 5.97 Å². The van der Waals surface area contributed by atoms with Gasteiger partial charge in [0.15, 0.2) is 0 Å². The molecule has 0 aromatic heterocycles. The van der Waals surface area contributed by atoms with Gasteiger partial charge in [-0.1, -0.05) is 44.5 Å². The van der Waals surface area contributed by atoms with Gasteiger partial charge in [0.25, 0.3) is 0 Å². The van der Waals surface area contributed by atoms with E-state index in [9.17, 15) is 4.79 Å². The summed E-state index contributed by atoms with van der Waals surface area (Å²) in [6, 6.07) is 8.97. The predicted octanol–water partition coefficient (Wildman–Crippen LogP) is 4.55. The van der Waals surface area contributed by atoms with Gasteiger partial charge in [0.2, 0.25) is 0 Å². The predicted molar refractivity (Wildman–Crippen MR) is 83.8 cm³/mol. The molecule has 0 radical (unpaired) electrons. The number of rotatable bonds is 9. The Morgan fingerprint density at radius 3 is 2.30 bits per heavy atom.